The quantitative estimate of drug-likeness (QED) is 0.709. The van der Waals surface area contributed by atoms with E-state index in [1.54, 1.807) is 12.1 Å². The Bertz CT molecular complexity index is 525. The van der Waals surface area contributed by atoms with Crippen molar-refractivity contribution in [1.29, 1.82) is 0 Å². The molecule has 0 aliphatic rings. The smallest absolute Gasteiger partial charge is 0.160 e. The van der Waals surface area contributed by atoms with Crippen LogP contribution in [0.1, 0.15) is 0 Å². The first kappa shape index (κ1) is 11.9. The Hall–Kier alpha value is -0.540. The predicted molar refractivity (Wildman–Crippen MR) is 67.5 cm³/mol. The van der Waals surface area contributed by atoms with E-state index in [0.717, 1.165) is 0 Å². The minimum atomic E-state index is 0.393. The lowest BCUT2D eigenvalue weighted by molar-refractivity contribution is 1.18. The van der Waals surface area contributed by atoms with Crippen LogP contribution >= 0.6 is 46.4 Å². The highest BCUT2D eigenvalue weighted by molar-refractivity contribution is 6.44. The molecule has 0 fully saturated rings. The van der Waals surface area contributed by atoms with E-state index >= 15 is 0 Å². The zero-order valence-corrected chi connectivity index (χ0v) is 10.7. The Morgan fingerprint density at radius 1 is 0.750 bits per heavy atom. The van der Waals surface area contributed by atoms with Gasteiger partial charge < -0.3 is 0 Å². The average Bonchev–Trinajstić information content (AvgIpc) is 2.25. The van der Waals surface area contributed by atoms with Crippen molar-refractivity contribution in [2.24, 2.45) is 0 Å². The first-order valence-electron chi connectivity index (χ1n) is 4.20. The fourth-order valence-electron chi connectivity index (χ4n) is 1.15. The minimum Gasteiger partial charge on any atom is -0.235 e. The Balaban J connectivity index is 2.56. The van der Waals surface area contributed by atoms with Crippen LogP contribution in [0.2, 0.25) is 20.1 Å². The molecule has 16 heavy (non-hydrogen) atoms. The molecule has 2 rings (SSSR count). The van der Waals surface area contributed by atoms with E-state index in [9.17, 15) is 0 Å². The van der Waals surface area contributed by atoms with E-state index in [4.69, 9.17) is 46.4 Å². The molecule has 0 N–H and O–H groups in total. The Kier molecular flexibility index (Phi) is 3.55. The zero-order valence-electron chi connectivity index (χ0n) is 7.72. The molecule has 6 heteroatoms. The van der Waals surface area contributed by atoms with Crippen LogP contribution in [0.25, 0.3) is 11.4 Å². The highest BCUT2D eigenvalue weighted by Gasteiger charge is 2.10. The first-order chi connectivity index (χ1) is 7.58. The van der Waals surface area contributed by atoms with Crippen molar-refractivity contribution >= 4 is 46.4 Å². The molecule has 0 aliphatic heterocycles. The molecule has 0 atom stereocenters. The highest BCUT2D eigenvalue weighted by atomic mass is 35.5. The molecule has 0 radical (unpaired) electrons. The summed E-state index contributed by atoms with van der Waals surface area (Å²) in [6.45, 7) is 0. The molecule has 0 saturated carbocycles. The fraction of sp³-hybridized carbons (Fsp3) is 0. The van der Waals surface area contributed by atoms with Gasteiger partial charge in [-0.25, -0.2) is 9.97 Å². The first-order valence-corrected chi connectivity index (χ1v) is 5.71. The molecule has 0 bridgehead atoms. The third-order valence-corrected chi connectivity index (χ3v) is 3.10. The van der Waals surface area contributed by atoms with E-state index in [-0.39, 0.29) is 0 Å². The second kappa shape index (κ2) is 4.76. The van der Waals surface area contributed by atoms with E-state index in [1.165, 1.54) is 12.4 Å². The molecule has 2 aromatic rings. The maximum absolute atomic E-state index is 6.02. The van der Waals surface area contributed by atoms with E-state index in [1.807, 2.05) is 0 Å². The van der Waals surface area contributed by atoms with E-state index < -0.39 is 0 Å². The van der Waals surface area contributed by atoms with Gasteiger partial charge in [0.05, 0.1) is 20.1 Å². The number of nitrogens with zero attached hydrogens (tertiary/aromatic N) is 2. The van der Waals surface area contributed by atoms with Crippen LogP contribution in [0, 0.1) is 0 Å². The zero-order chi connectivity index (χ0) is 11.7. The second-order valence-corrected chi connectivity index (χ2v) is 4.63. The molecule has 0 spiro atoms. The summed E-state index contributed by atoms with van der Waals surface area (Å²) >= 11 is 23.4. The van der Waals surface area contributed by atoms with Gasteiger partial charge in [0.25, 0.3) is 0 Å². The summed E-state index contributed by atoms with van der Waals surface area (Å²) in [5.74, 6) is 0.452. The molecule has 0 amide bonds. The van der Waals surface area contributed by atoms with E-state index in [0.29, 0.717) is 31.5 Å². The number of benzene rings is 1. The van der Waals surface area contributed by atoms with Gasteiger partial charge in [-0.05, 0) is 12.1 Å². The van der Waals surface area contributed by atoms with Crippen molar-refractivity contribution in [1.82, 2.24) is 9.97 Å². The monoisotopic (exact) mass is 292 g/mol. The van der Waals surface area contributed by atoms with Crippen molar-refractivity contribution in [3.63, 3.8) is 0 Å². The Labute approximate surface area is 112 Å². The van der Waals surface area contributed by atoms with Gasteiger partial charge >= 0.3 is 0 Å². The standard InChI is InChI=1S/C10H4Cl4N2/c11-5-3-15-10(16-4-5)6-1-8(13)9(14)2-7(6)12/h1-4H. The lowest BCUT2D eigenvalue weighted by Crippen LogP contribution is -1.89. The maximum atomic E-state index is 6.02. The molecular weight excluding hydrogens is 290 g/mol. The van der Waals surface area contributed by atoms with Gasteiger partial charge in [0.1, 0.15) is 0 Å². The summed E-state index contributed by atoms with van der Waals surface area (Å²) in [6, 6.07) is 3.17. The molecule has 1 aromatic heterocycles. The molecule has 1 aromatic carbocycles. The minimum absolute atomic E-state index is 0.393. The van der Waals surface area contributed by atoms with Gasteiger partial charge in [0, 0.05) is 18.0 Å². The topological polar surface area (TPSA) is 25.8 Å². The third kappa shape index (κ3) is 2.41. The molecule has 0 aliphatic carbocycles. The SMILES string of the molecule is Clc1cnc(-c2cc(Cl)c(Cl)cc2Cl)nc1. The molecule has 0 unspecified atom stereocenters. The summed E-state index contributed by atoms with van der Waals surface area (Å²) in [4.78, 5) is 8.10. The van der Waals surface area contributed by atoms with Crippen LogP contribution < -0.4 is 0 Å². The van der Waals surface area contributed by atoms with Crippen molar-refractivity contribution in [3.8, 4) is 11.4 Å². The molecule has 1 heterocycles. The summed E-state index contributed by atoms with van der Waals surface area (Å²) < 4.78 is 0. The molecule has 0 saturated heterocycles. The molecule has 2 nitrogen and oxygen atoms in total. The lowest BCUT2D eigenvalue weighted by atomic mass is 10.2. The van der Waals surface area contributed by atoms with Gasteiger partial charge in [-0.2, -0.15) is 0 Å². The summed E-state index contributed by atoms with van der Waals surface area (Å²) in [5, 5.41) is 1.70. The predicted octanol–water partition coefficient (Wildman–Crippen LogP) is 4.76. The van der Waals surface area contributed by atoms with Gasteiger partial charge in [-0.15, -0.1) is 0 Å². The Morgan fingerprint density at radius 2 is 1.31 bits per heavy atom. The van der Waals surface area contributed by atoms with Crippen LogP contribution in [0.4, 0.5) is 0 Å². The van der Waals surface area contributed by atoms with Gasteiger partial charge in [-0.3, -0.25) is 0 Å². The Morgan fingerprint density at radius 3 is 1.94 bits per heavy atom. The maximum Gasteiger partial charge on any atom is 0.160 e. The van der Waals surface area contributed by atoms with Crippen molar-refractivity contribution in [2.45, 2.75) is 0 Å². The number of hydrogen-bond donors (Lipinski definition) is 0. The number of hydrogen-bond acceptors (Lipinski definition) is 2. The summed E-state index contributed by atoms with van der Waals surface area (Å²) in [5.41, 5.74) is 0.618. The van der Waals surface area contributed by atoms with Crippen molar-refractivity contribution in [3.05, 3.63) is 44.6 Å². The molecule has 82 valence electrons. The van der Waals surface area contributed by atoms with Gasteiger partial charge in [0.15, 0.2) is 5.82 Å². The van der Waals surface area contributed by atoms with Crippen LogP contribution in [0.15, 0.2) is 24.5 Å². The van der Waals surface area contributed by atoms with Crippen LogP contribution in [0.3, 0.4) is 0 Å². The van der Waals surface area contributed by atoms with E-state index in [2.05, 4.69) is 9.97 Å². The van der Waals surface area contributed by atoms with Crippen LogP contribution in [0.5, 0.6) is 0 Å². The average molecular weight is 294 g/mol. The fourth-order valence-corrected chi connectivity index (χ4v) is 1.87. The van der Waals surface area contributed by atoms with Crippen LogP contribution in [-0.2, 0) is 0 Å². The number of halogens is 4. The van der Waals surface area contributed by atoms with Gasteiger partial charge in [0.2, 0.25) is 0 Å². The van der Waals surface area contributed by atoms with Crippen molar-refractivity contribution < 1.29 is 0 Å². The van der Waals surface area contributed by atoms with Gasteiger partial charge in [-0.1, -0.05) is 46.4 Å². The second-order valence-electron chi connectivity index (χ2n) is 2.97. The highest BCUT2D eigenvalue weighted by Crippen LogP contribution is 2.33. The normalized spacial score (nSPS) is 10.5. The number of aromatic nitrogens is 2. The van der Waals surface area contributed by atoms with Crippen molar-refractivity contribution in [2.75, 3.05) is 0 Å². The summed E-state index contributed by atoms with van der Waals surface area (Å²) in [7, 11) is 0. The third-order valence-electron chi connectivity index (χ3n) is 1.87. The van der Waals surface area contributed by atoms with Crippen LogP contribution in [-0.4, -0.2) is 9.97 Å². The largest absolute Gasteiger partial charge is 0.235 e. The number of rotatable bonds is 1. The summed E-state index contributed by atoms with van der Waals surface area (Å²) in [6.07, 6.45) is 2.98. The lowest BCUT2D eigenvalue weighted by Gasteiger charge is -2.04. The molecular formula is C10H4Cl4N2.